The van der Waals surface area contributed by atoms with Crippen LogP contribution in [-0.2, 0) is 14.3 Å². The van der Waals surface area contributed by atoms with E-state index >= 15 is 0 Å². The van der Waals surface area contributed by atoms with E-state index in [1.807, 2.05) is 6.92 Å². The molecule has 0 rings (SSSR count). The first kappa shape index (κ1) is 27.1. The second-order valence-electron chi connectivity index (χ2n) is 7.96. The molecule has 0 radical (unpaired) electrons. The smallest absolute Gasteiger partial charge is 0.306 e. The summed E-state index contributed by atoms with van der Waals surface area (Å²) in [7, 11) is 0. The fraction of sp³-hybridized carbons (Fsp3) is 0.913. The van der Waals surface area contributed by atoms with E-state index in [4.69, 9.17) is 9.84 Å². The second kappa shape index (κ2) is 19.4. The number of hydrogen-bond donors (Lipinski definition) is 2. The highest BCUT2D eigenvalue weighted by Crippen LogP contribution is 2.19. The lowest BCUT2D eigenvalue weighted by Crippen LogP contribution is -2.25. The molecule has 0 amide bonds. The third-order valence-corrected chi connectivity index (χ3v) is 5.17. The third-order valence-electron chi connectivity index (χ3n) is 5.17. The van der Waals surface area contributed by atoms with Gasteiger partial charge in [-0.05, 0) is 12.8 Å². The van der Waals surface area contributed by atoms with Crippen LogP contribution in [0.5, 0.6) is 0 Å². The summed E-state index contributed by atoms with van der Waals surface area (Å²) in [6.45, 7) is 3.55. The van der Waals surface area contributed by atoms with Crippen LogP contribution in [0.1, 0.15) is 110 Å². The number of carbonyl (C=O) groups is 2. The third kappa shape index (κ3) is 16.1. The monoisotopic (exact) mass is 400 g/mol. The topological polar surface area (TPSA) is 83.8 Å². The lowest BCUT2D eigenvalue weighted by atomic mass is 9.91. The highest BCUT2D eigenvalue weighted by molar-refractivity contribution is 5.85. The largest absolute Gasteiger partial charge is 0.463 e. The van der Waals surface area contributed by atoms with Crippen molar-refractivity contribution in [3.63, 3.8) is 0 Å². The Morgan fingerprint density at radius 3 is 1.86 bits per heavy atom. The summed E-state index contributed by atoms with van der Waals surface area (Å²) in [4.78, 5) is 24.2. The van der Waals surface area contributed by atoms with Crippen molar-refractivity contribution in [1.82, 2.24) is 0 Å². The molecule has 5 heteroatoms. The first-order valence-corrected chi connectivity index (χ1v) is 11.5. The molecule has 0 fully saturated rings. The SMILES string of the molecule is CCCCCCCCCCCCCC(CC(=O)OCC(O)CO)C(=O)CCC. The number of Topliss-reactive ketones (excluding diaryl/α,β-unsaturated/α-hetero) is 1. The molecule has 0 spiro atoms. The van der Waals surface area contributed by atoms with Gasteiger partial charge in [-0.15, -0.1) is 0 Å². The standard InChI is InChI=1S/C23H44O5/c1-3-5-6-7-8-9-10-11-12-13-14-16-20(22(26)15-4-2)17-23(27)28-19-21(25)18-24/h20-21,24-25H,3-19H2,1-2H3. The number of ketones is 1. The Labute approximate surface area is 172 Å². The molecule has 0 heterocycles. The normalized spacial score (nSPS) is 13.3. The van der Waals surface area contributed by atoms with Crippen molar-refractivity contribution in [1.29, 1.82) is 0 Å². The molecule has 0 aromatic heterocycles. The molecule has 28 heavy (non-hydrogen) atoms. The maximum absolute atomic E-state index is 12.3. The Bertz CT molecular complexity index is 383. The molecule has 0 bridgehead atoms. The quantitative estimate of drug-likeness (QED) is 0.223. The van der Waals surface area contributed by atoms with Crippen molar-refractivity contribution in [2.75, 3.05) is 13.2 Å². The predicted octanol–water partition coefficient (Wildman–Crippen LogP) is 4.96. The first-order chi connectivity index (χ1) is 13.5. The van der Waals surface area contributed by atoms with Crippen LogP contribution in [0.3, 0.4) is 0 Å². The molecule has 0 aromatic rings. The number of unbranched alkanes of at least 4 members (excludes halogenated alkanes) is 10. The molecule has 0 saturated heterocycles. The summed E-state index contributed by atoms with van der Waals surface area (Å²) >= 11 is 0. The van der Waals surface area contributed by atoms with Gasteiger partial charge >= 0.3 is 5.97 Å². The summed E-state index contributed by atoms with van der Waals surface area (Å²) in [5.74, 6) is -0.614. The lowest BCUT2D eigenvalue weighted by molar-refractivity contribution is -0.150. The maximum Gasteiger partial charge on any atom is 0.306 e. The number of ether oxygens (including phenoxy) is 1. The van der Waals surface area contributed by atoms with Crippen LogP contribution in [0.4, 0.5) is 0 Å². The molecule has 0 aliphatic rings. The van der Waals surface area contributed by atoms with Crippen molar-refractivity contribution < 1.29 is 24.5 Å². The molecule has 2 N–H and O–H groups in total. The van der Waals surface area contributed by atoms with Gasteiger partial charge in [0.15, 0.2) is 0 Å². The first-order valence-electron chi connectivity index (χ1n) is 11.5. The number of aliphatic hydroxyl groups excluding tert-OH is 2. The average molecular weight is 401 g/mol. The summed E-state index contributed by atoms with van der Waals surface area (Å²) in [6, 6.07) is 0. The van der Waals surface area contributed by atoms with Gasteiger partial charge in [-0.3, -0.25) is 9.59 Å². The van der Waals surface area contributed by atoms with Gasteiger partial charge in [0.05, 0.1) is 13.0 Å². The Hall–Kier alpha value is -0.940. The minimum Gasteiger partial charge on any atom is -0.463 e. The van der Waals surface area contributed by atoms with Gasteiger partial charge in [0.25, 0.3) is 0 Å². The summed E-state index contributed by atoms with van der Waals surface area (Å²) in [5.41, 5.74) is 0. The molecule has 0 saturated carbocycles. The molecule has 0 aromatic carbocycles. The van der Waals surface area contributed by atoms with Crippen LogP contribution in [0.25, 0.3) is 0 Å². The van der Waals surface area contributed by atoms with Gasteiger partial charge in [-0.25, -0.2) is 0 Å². The predicted molar refractivity (Wildman–Crippen MR) is 113 cm³/mol. The highest BCUT2D eigenvalue weighted by Gasteiger charge is 2.22. The molecule has 2 atom stereocenters. The number of hydrogen-bond acceptors (Lipinski definition) is 5. The zero-order chi connectivity index (χ0) is 21.0. The fourth-order valence-corrected chi connectivity index (χ4v) is 3.38. The highest BCUT2D eigenvalue weighted by atomic mass is 16.5. The Kier molecular flexibility index (Phi) is 18.7. The number of rotatable bonds is 20. The van der Waals surface area contributed by atoms with E-state index in [9.17, 15) is 14.7 Å². The lowest BCUT2D eigenvalue weighted by Gasteiger charge is -2.16. The Balaban J connectivity index is 3.94. The Morgan fingerprint density at radius 2 is 1.36 bits per heavy atom. The van der Waals surface area contributed by atoms with Crippen molar-refractivity contribution in [3.05, 3.63) is 0 Å². The summed E-state index contributed by atoms with van der Waals surface area (Å²) < 4.78 is 4.96. The van der Waals surface area contributed by atoms with E-state index in [0.717, 1.165) is 25.7 Å². The van der Waals surface area contributed by atoms with E-state index in [2.05, 4.69) is 6.92 Å². The van der Waals surface area contributed by atoms with E-state index in [1.165, 1.54) is 57.8 Å². The summed E-state index contributed by atoms with van der Waals surface area (Å²) in [5, 5.41) is 18.0. The molecule has 5 nitrogen and oxygen atoms in total. The molecule has 2 unspecified atom stereocenters. The van der Waals surface area contributed by atoms with Gasteiger partial charge in [0, 0.05) is 12.3 Å². The van der Waals surface area contributed by atoms with Gasteiger partial charge < -0.3 is 14.9 Å². The van der Waals surface area contributed by atoms with Crippen molar-refractivity contribution >= 4 is 11.8 Å². The van der Waals surface area contributed by atoms with Crippen molar-refractivity contribution in [2.45, 2.75) is 116 Å². The number of carbonyl (C=O) groups excluding carboxylic acids is 2. The van der Waals surface area contributed by atoms with E-state index < -0.39 is 18.7 Å². The van der Waals surface area contributed by atoms with Crippen LogP contribution in [0, 0.1) is 5.92 Å². The zero-order valence-corrected chi connectivity index (χ0v) is 18.3. The van der Waals surface area contributed by atoms with Gasteiger partial charge in [0.2, 0.25) is 0 Å². The molecular weight excluding hydrogens is 356 g/mol. The van der Waals surface area contributed by atoms with Gasteiger partial charge in [-0.2, -0.15) is 0 Å². The van der Waals surface area contributed by atoms with Crippen LogP contribution in [-0.4, -0.2) is 41.3 Å². The Morgan fingerprint density at radius 1 is 0.821 bits per heavy atom. The molecule has 0 aliphatic heterocycles. The van der Waals surface area contributed by atoms with Crippen LogP contribution >= 0.6 is 0 Å². The minimum absolute atomic E-state index is 0.0781. The fourth-order valence-electron chi connectivity index (χ4n) is 3.38. The maximum atomic E-state index is 12.3. The number of aliphatic hydroxyl groups is 2. The average Bonchev–Trinajstić information content (AvgIpc) is 2.69. The minimum atomic E-state index is -1.06. The van der Waals surface area contributed by atoms with E-state index in [1.54, 1.807) is 0 Å². The van der Waals surface area contributed by atoms with Crippen LogP contribution in [0.2, 0.25) is 0 Å². The van der Waals surface area contributed by atoms with E-state index in [0.29, 0.717) is 6.42 Å². The molecular formula is C23H44O5. The molecule has 0 aliphatic carbocycles. The number of esters is 1. The zero-order valence-electron chi connectivity index (χ0n) is 18.3. The second-order valence-corrected chi connectivity index (χ2v) is 7.96. The van der Waals surface area contributed by atoms with Gasteiger partial charge in [-0.1, -0.05) is 84.5 Å². The molecule has 166 valence electrons. The van der Waals surface area contributed by atoms with Crippen LogP contribution < -0.4 is 0 Å². The van der Waals surface area contributed by atoms with Crippen molar-refractivity contribution in [2.24, 2.45) is 5.92 Å². The van der Waals surface area contributed by atoms with E-state index in [-0.39, 0.29) is 24.7 Å². The van der Waals surface area contributed by atoms with Crippen molar-refractivity contribution in [3.8, 4) is 0 Å². The van der Waals surface area contributed by atoms with Crippen LogP contribution in [0.15, 0.2) is 0 Å². The van der Waals surface area contributed by atoms with Gasteiger partial charge in [0.1, 0.15) is 18.5 Å². The summed E-state index contributed by atoms with van der Waals surface area (Å²) in [6.07, 6.45) is 14.9.